The Morgan fingerprint density at radius 3 is 2.63 bits per heavy atom. The molecule has 0 radical (unpaired) electrons. The van der Waals surface area contributed by atoms with E-state index < -0.39 is 0 Å². The Morgan fingerprint density at radius 1 is 1.30 bits per heavy atom. The molecule has 1 fully saturated rings. The van der Waals surface area contributed by atoms with Gasteiger partial charge in [-0.2, -0.15) is 0 Å². The molecule has 2 N–H and O–H groups in total. The summed E-state index contributed by atoms with van der Waals surface area (Å²) in [6.07, 6.45) is 2.89. The van der Waals surface area contributed by atoms with Gasteiger partial charge >= 0.3 is 0 Å². The van der Waals surface area contributed by atoms with Crippen LogP contribution in [0.2, 0.25) is 0 Å². The lowest BCUT2D eigenvalue weighted by molar-refractivity contribution is 0.461. The zero-order valence-corrected chi connectivity index (χ0v) is 21.4. The van der Waals surface area contributed by atoms with Gasteiger partial charge in [-0.15, -0.1) is 35.3 Å². The van der Waals surface area contributed by atoms with Crippen LogP contribution < -0.4 is 15.5 Å². The molecular weight excluding hydrogens is 512 g/mol. The summed E-state index contributed by atoms with van der Waals surface area (Å²) in [5.74, 6) is 0.656. The first-order valence-corrected chi connectivity index (χ1v) is 11.2. The van der Waals surface area contributed by atoms with Crippen LogP contribution in [0.5, 0.6) is 0 Å². The molecule has 1 aliphatic rings. The van der Waals surface area contributed by atoms with Crippen molar-refractivity contribution >= 4 is 47.0 Å². The molecular formula is C22H33FIN5S. The number of hydrogen-bond donors (Lipinski definition) is 2. The second-order valence-electron chi connectivity index (χ2n) is 8.51. The third-order valence-electron chi connectivity index (χ3n) is 5.18. The van der Waals surface area contributed by atoms with Gasteiger partial charge in [0.15, 0.2) is 5.96 Å². The number of guanidine groups is 1. The van der Waals surface area contributed by atoms with Crippen molar-refractivity contribution < 1.29 is 4.39 Å². The first-order valence-electron chi connectivity index (χ1n) is 10.3. The number of piperidine rings is 1. The Bertz CT molecular complexity index is 825. The van der Waals surface area contributed by atoms with E-state index in [1.165, 1.54) is 6.07 Å². The van der Waals surface area contributed by atoms with Crippen molar-refractivity contribution in [2.45, 2.75) is 51.5 Å². The average molecular weight is 546 g/mol. The summed E-state index contributed by atoms with van der Waals surface area (Å²) in [6.45, 7) is 9.19. The topological polar surface area (TPSA) is 52.6 Å². The van der Waals surface area contributed by atoms with Crippen molar-refractivity contribution in [3.63, 3.8) is 0 Å². The van der Waals surface area contributed by atoms with Gasteiger partial charge in [-0.1, -0.05) is 26.8 Å². The summed E-state index contributed by atoms with van der Waals surface area (Å²) in [6, 6.07) is 7.22. The maximum Gasteiger partial charge on any atom is 0.191 e. The summed E-state index contributed by atoms with van der Waals surface area (Å²) in [4.78, 5) is 11.4. The van der Waals surface area contributed by atoms with Gasteiger partial charge in [0.05, 0.1) is 10.7 Å². The highest BCUT2D eigenvalue weighted by atomic mass is 127. The minimum Gasteiger partial charge on any atom is -0.371 e. The standard InChI is InChI=1S/C22H32FN5S.HI/c1-22(2,3)19-15-29-20(27-19)8-11-25-21(24-4)26-17-9-12-28(13-10-17)18-7-5-6-16(23)14-18;/h5-7,14-15,17H,8-13H2,1-4H3,(H2,24,25,26);1H. The van der Waals surface area contributed by atoms with Crippen molar-refractivity contribution in [2.75, 3.05) is 31.6 Å². The van der Waals surface area contributed by atoms with E-state index in [1.54, 1.807) is 30.5 Å². The molecule has 0 amide bonds. The van der Waals surface area contributed by atoms with Crippen LogP contribution in [0.1, 0.15) is 44.3 Å². The van der Waals surface area contributed by atoms with E-state index in [0.717, 1.165) is 61.2 Å². The zero-order chi connectivity index (χ0) is 20.9. The van der Waals surface area contributed by atoms with Gasteiger partial charge in [-0.3, -0.25) is 4.99 Å². The molecule has 0 aliphatic carbocycles. The Kier molecular flexibility index (Phi) is 9.33. The molecule has 166 valence electrons. The Balaban J connectivity index is 0.00000320. The van der Waals surface area contributed by atoms with Gasteiger partial charge in [0.1, 0.15) is 5.82 Å². The molecule has 30 heavy (non-hydrogen) atoms. The van der Waals surface area contributed by atoms with E-state index in [2.05, 4.69) is 46.7 Å². The second-order valence-corrected chi connectivity index (χ2v) is 9.45. The van der Waals surface area contributed by atoms with Crippen LogP contribution in [-0.4, -0.2) is 43.7 Å². The van der Waals surface area contributed by atoms with Gasteiger partial charge in [-0.05, 0) is 31.0 Å². The molecule has 5 nitrogen and oxygen atoms in total. The van der Waals surface area contributed by atoms with Gasteiger partial charge < -0.3 is 15.5 Å². The van der Waals surface area contributed by atoms with Gasteiger partial charge in [0, 0.05) is 55.6 Å². The van der Waals surface area contributed by atoms with Crippen molar-refractivity contribution in [1.29, 1.82) is 0 Å². The lowest BCUT2D eigenvalue weighted by atomic mass is 9.93. The van der Waals surface area contributed by atoms with Crippen molar-refractivity contribution in [3.05, 3.63) is 46.2 Å². The average Bonchev–Trinajstić information content (AvgIpc) is 3.17. The number of aromatic nitrogens is 1. The van der Waals surface area contributed by atoms with E-state index in [0.29, 0.717) is 6.04 Å². The van der Waals surface area contributed by atoms with Crippen LogP contribution in [0.15, 0.2) is 34.6 Å². The molecule has 0 saturated carbocycles. The number of hydrogen-bond acceptors (Lipinski definition) is 4. The monoisotopic (exact) mass is 545 g/mol. The van der Waals surface area contributed by atoms with E-state index in [4.69, 9.17) is 4.98 Å². The predicted octanol–water partition coefficient (Wildman–Crippen LogP) is 4.57. The fraction of sp³-hybridized carbons (Fsp3) is 0.545. The lowest BCUT2D eigenvalue weighted by Crippen LogP contribution is -2.49. The summed E-state index contributed by atoms with van der Waals surface area (Å²) in [5, 5.41) is 10.2. The molecule has 2 aromatic rings. The van der Waals surface area contributed by atoms with Crippen LogP contribution >= 0.6 is 35.3 Å². The highest BCUT2D eigenvalue weighted by molar-refractivity contribution is 14.0. The Labute approximate surface area is 200 Å². The molecule has 8 heteroatoms. The number of rotatable bonds is 5. The van der Waals surface area contributed by atoms with Crippen LogP contribution in [0.3, 0.4) is 0 Å². The first-order chi connectivity index (χ1) is 13.8. The Morgan fingerprint density at radius 2 is 2.03 bits per heavy atom. The number of thiazole rings is 1. The second kappa shape index (κ2) is 11.3. The van der Waals surface area contributed by atoms with Crippen molar-refractivity contribution in [2.24, 2.45) is 4.99 Å². The fourth-order valence-electron chi connectivity index (χ4n) is 3.40. The van der Waals surface area contributed by atoms with E-state index in [-0.39, 0.29) is 35.2 Å². The van der Waals surface area contributed by atoms with Gasteiger partial charge in [0.25, 0.3) is 0 Å². The van der Waals surface area contributed by atoms with E-state index in [1.807, 2.05) is 6.07 Å². The zero-order valence-electron chi connectivity index (χ0n) is 18.2. The number of nitrogens with zero attached hydrogens (tertiary/aromatic N) is 3. The maximum atomic E-state index is 13.5. The molecule has 1 aromatic carbocycles. The highest BCUT2D eigenvalue weighted by Gasteiger charge is 2.21. The lowest BCUT2D eigenvalue weighted by Gasteiger charge is -2.34. The maximum absolute atomic E-state index is 13.5. The number of nitrogens with one attached hydrogen (secondary N) is 2. The van der Waals surface area contributed by atoms with Crippen LogP contribution in [-0.2, 0) is 11.8 Å². The molecule has 0 atom stereocenters. The smallest absolute Gasteiger partial charge is 0.191 e. The molecule has 1 aromatic heterocycles. The minimum atomic E-state index is -0.179. The van der Waals surface area contributed by atoms with Crippen LogP contribution in [0.25, 0.3) is 0 Å². The third kappa shape index (κ3) is 7.08. The number of aliphatic imine (C=N–C) groups is 1. The number of benzene rings is 1. The predicted molar refractivity (Wildman–Crippen MR) is 136 cm³/mol. The SMILES string of the molecule is CN=C(NCCc1nc(C(C)(C)C)cs1)NC1CCN(c2cccc(F)c2)CC1.I. The van der Waals surface area contributed by atoms with Crippen molar-refractivity contribution in [1.82, 2.24) is 15.6 Å². The minimum absolute atomic E-state index is 0. The van der Waals surface area contributed by atoms with E-state index >= 15 is 0 Å². The molecule has 0 bridgehead atoms. The van der Waals surface area contributed by atoms with Crippen LogP contribution in [0, 0.1) is 5.82 Å². The number of halogens is 2. The van der Waals surface area contributed by atoms with Gasteiger partial charge in [0.2, 0.25) is 0 Å². The molecule has 1 aliphatic heterocycles. The summed E-state index contributed by atoms with van der Waals surface area (Å²) >= 11 is 1.73. The fourth-order valence-corrected chi connectivity index (χ4v) is 4.43. The highest BCUT2D eigenvalue weighted by Crippen LogP contribution is 2.24. The molecule has 0 unspecified atom stereocenters. The first kappa shape index (κ1) is 24.8. The molecule has 0 spiro atoms. The van der Waals surface area contributed by atoms with Crippen LogP contribution in [0.4, 0.5) is 10.1 Å². The largest absolute Gasteiger partial charge is 0.371 e. The number of anilines is 1. The summed E-state index contributed by atoms with van der Waals surface area (Å²) in [7, 11) is 1.80. The summed E-state index contributed by atoms with van der Waals surface area (Å²) in [5.41, 5.74) is 2.22. The molecule has 1 saturated heterocycles. The Hall–Kier alpha value is -1.42. The van der Waals surface area contributed by atoms with E-state index in [9.17, 15) is 4.39 Å². The molecule has 3 rings (SSSR count). The summed E-state index contributed by atoms with van der Waals surface area (Å²) < 4.78 is 13.5. The van der Waals surface area contributed by atoms with Crippen molar-refractivity contribution in [3.8, 4) is 0 Å². The normalized spacial score (nSPS) is 15.6. The van der Waals surface area contributed by atoms with Gasteiger partial charge in [-0.25, -0.2) is 9.37 Å². The third-order valence-corrected chi connectivity index (χ3v) is 6.09. The molecule has 2 heterocycles. The quantitative estimate of drug-likeness (QED) is 0.329.